The van der Waals surface area contributed by atoms with Crippen molar-refractivity contribution >= 4 is 0 Å². The minimum atomic E-state index is 0.971. The van der Waals surface area contributed by atoms with Crippen LogP contribution in [0.2, 0.25) is 0 Å². The van der Waals surface area contributed by atoms with Gasteiger partial charge in [0, 0.05) is 13.1 Å². The number of hydrogen-bond acceptors (Lipinski definition) is 2. The van der Waals surface area contributed by atoms with Gasteiger partial charge in [0.05, 0.1) is 0 Å². The molecule has 2 N–H and O–H groups in total. The van der Waals surface area contributed by atoms with Gasteiger partial charge in [-0.25, -0.2) is 0 Å². The van der Waals surface area contributed by atoms with Crippen LogP contribution >= 0.6 is 0 Å². The molecule has 106 valence electrons. The fraction of sp³-hybridized carbons (Fsp3) is 0.333. The molecular weight excluding hydrogens is 248 g/mol. The van der Waals surface area contributed by atoms with Gasteiger partial charge < -0.3 is 10.6 Å². The lowest BCUT2D eigenvalue weighted by molar-refractivity contribution is 0.582. The topological polar surface area (TPSA) is 24.1 Å². The minimum absolute atomic E-state index is 0.971. The molecule has 0 spiro atoms. The van der Waals surface area contributed by atoms with E-state index in [9.17, 15) is 0 Å². The van der Waals surface area contributed by atoms with E-state index in [1.54, 1.807) is 0 Å². The molecule has 0 aromatic heterocycles. The van der Waals surface area contributed by atoms with Gasteiger partial charge in [-0.15, -0.1) is 0 Å². The highest BCUT2D eigenvalue weighted by Gasteiger charge is 1.93. The Morgan fingerprint density at radius 3 is 1.35 bits per heavy atom. The van der Waals surface area contributed by atoms with Crippen LogP contribution in [0.3, 0.4) is 0 Å². The number of benzene rings is 2. The van der Waals surface area contributed by atoms with Gasteiger partial charge in [-0.3, -0.25) is 0 Å². The molecule has 0 saturated carbocycles. The van der Waals surface area contributed by atoms with Crippen molar-refractivity contribution < 1.29 is 0 Å². The Kier molecular flexibility index (Phi) is 6.86. The molecule has 0 aliphatic heterocycles. The highest BCUT2D eigenvalue weighted by atomic mass is 15.7. The predicted octanol–water partition coefficient (Wildman–Crippen LogP) is 3.35. The molecule has 2 aromatic carbocycles. The molecule has 0 atom stereocenters. The van der Waals surface area contributed by atoms with E-state index in [2.05, 4.69) is 71.3 Å². The Balaban J connectivity index is 1.44. The van der Waals surface area contributed by atoms with E-state index in [0.717, 1.165) is 26.2 Å². The second-order valence-corrected chi connectivity index (χ2v) is 5.03. The lowest BCUT2D eigenvalue weighted by Gasteiger charge is -2.06. The molecule has 0 bridgehead atoms. The first-order valence-corrected chi connectivity index (χ1v) is 7.44. The summed E-state index contributed by atoms with van der Waals surface area (Å²) in [6, 6.07) is 21.1. The Hall–Kier alpha value is -1.64. The molecule has 0 aliphatic rings. The monoisotopic (exact) mass is 272 g/mol. The maximum absolute atomic E-state index is 3.48. The molecule has 0 heterocycles. The Morgan fingerprint density at radius 1 is 0.550 bits per heavy atom. The maximum atomic E-state index is 3.48. The fourth-order valence-electron chi connectivity index (χ4n) is 2.16. The molecule has 0 aliphatic carbocycles. The van der Waals surface area contributed by atoms with Crippen LogP contribution in [-0.4, -0.2) is 13.1 Å². The summed E-state index contributed by atoms with van der Waals surface area (Å²) in [5.41, 5.74) is 2.71. The van der Waals surface area contributed by atoms with Crippen molar-refractivity contribution in [1.82, 2.24) is 10.6 Å². The van der Waals surface area contributed by atoms with Crippen molar-refractivity contribution in [2.75, 3.05) is 13.1 Å². The molecular formula is C18H24N2. The fourth-order valence-corrected chi connectivity index (χ4v) is 2.16. The number of nitrogens with one attached hydrogen (secondary N) is 2. The molecule has 2 nitrogen and oxygen atoms in total. The smallest absolute Gasteiger partial charge is 0.0205 e. The standard InChI is InChI=1S/C18H24N2/c1-3-9-17(10-4-1)15-19-13-7-8-14-20-16-18-11-5-2-6-12-18/h1-6,9-12,19-20H,7-8,13-16H2/i13+1,14+1,19+1,20+1. The third kappa shape index (κ3) is 6.00. The molecule has 0 saturated heterocycles. The van der Waals surface area contributed by atoms with E-state index in [-0.39, 0.29) is 0 Å². The van der Waals surface area contributed by atoms with Crippen LogP contribution in [0.25, 0.3) is 0 Å². The van der Waals surface area contributed by atoms with Crippen LogP contribution in [0.5, 0.6) is 0 Å². The molecule has 0 fully saturated rings. The van der Waals surface area contributed by atoms with Gasteiger partial charge >= 0.3 is 0 Å². The molecule has 2 aromatic rings. The number of hydrogen-bond donors (Lipinski definition) is 2. The largest absolute Gasteiger partial charge is 0.313 e. The molecule has 2 heteroatoms. The van der Waals surface area contributed by atoms with E-state index in [4.69, 9.17) is 0 Å². The minimum Gasteiger partial charge on any atom is -0.313 e. The Labute approximate surface area is 122 Å². The Bertz CT molecular complexity index is 408. The summed E-state index contributed by atoms with van der Waals surface area (Å²) in [7, 11) is 0. The highest BCUT2D eigenvalue weighted by molar-refractivity contribution is 5.14. The van der Waals surface area contributed by atoms with E-state index >= 15 is 0 Å². The molecule has 0 radical (unpaired) electrons. The summed E-state index contributed by atoms with van der Waals surface area (Å²) in [6.45, 7) is 4.11. The molecule has 2 rings (SSSR count). The predicted molar refractivity (Wildman–Crippen MR) is 85.5 cm³/mol. The van der Waals surface area contributed by atoms with Crippen LogP contribution in [0.4, 0.5) is 0 Å². The average molecular weight is 272 g/mol. The maximum Gasteiger partial charge on any atom is 0.0205 e. The van der Waals surface area contributed by atoms with Crippen LogP contribution < -0.4 is 10.6 Å². The second kappa shape index (κ2) is 9.29. The third-order valence-corrected chi connectivity index (χ3v) is 3.30. The van der Waals surface area contributed by atoms with E-state index in [1.807, 2.05) is 0 Å². The van der Waals surface area contributed by atoms with Crippen molar-refractivity contribution in [3.63, 3.8) is 0 Å². The van der Waals surface area contributed by atoms with Crippen molar-refractivity contribution in [2.45, 2.75) is 25.9 Å². The summed E-state index contributed by atoms with van der Waals surface area (Å²) in [5.74, 6) is 0. The molecule has 0 unspecified atom stereocenters. The van der Waals surface area contributed by atoms with Gasteiger partial charge in [-0.2, -0.15) is 0 Å². The van der Waals surface area contributed by atoms with Crippen molar-refractivity contribution in [3.8, 4) is 0 Å². The summed E-state index contributed by atoms with van der Waals surface area (Å²) >= 11 is 0. The molecule has 20 heavy (non-hydrogen) atoms. The number of unbranched alkanes of at least 4 members (excludes halogenated alkanes) is 1. The zero-order valence-corrected chi connectivity index (χ0v) is 12.0. The highest BCUT2D eigenvalue weighted by Crippen LogP contribution is 1.98. The summed E-state index contributed by atoms with van der Waals surface area (Å²) in [4.78, 5) is 0. The SMILES string of the molecule is c1ccc(C[15NH][13CH2]CC[13CH2][15NH]Cc2ccccc2)cc1. The normalized spacial score (nSPS) is 10.6. The van der Waals surface area contributed by atoms with E-state index < -0.39 is 0 Å². The van der Waals surface area contributed by atoms with Gasteiger partial charge in [0.25, 0.3) is 0 Å². The Morgan fingerprint density at radius 2 is 0.950 bits per heavy atom. The average Bonchev–Trinajstić information content (AvgIpc) is 2.52. The first-order chi connectivity index (χ1) is 9.95. The van der Waals surface area contributed by atoms with Gasteiger partial charge in [-0.1, -0.05) is 60.7 Å². The third-order valence-electron chi connectivity index (χ3n) is 3.30. The zero-order chi connectivity index (χ0) is 13.9. The van der Waals surface area contributed by atoms with Gasteiger partial charge in [-0.05, 0) is 37.1 Å². The lowest BCUT2D eigenvalue weighted by Crippen LogP contribution is -2.18. The quantitative estimate of drug-likeness (QED) is 0.415. The first kappa shape index (κ1) is 14.8. The summed E-state index contributed by atoms with van der Waals surface area (Å²) < 4.78 is 0. The van der Waals surface area contributed by atoms with Crippen LogP contribution in [0.15, 0.2) is 60.7 Å². The van der Waals surface area contributed by atoms with Gasteiger partial charge in [0.2, 0.25) is 0 Å². The van der Waals surface area contributed by atoms with Crippen molar-refractivity contribution in [3.05, 3.63) is 71.8 Å². The molecule has 0 amide bonds. The summed E-state index contributed by atoms with van der Waals surface area (Å²) in [6.07, 6.45) is 2.43. The van der Waals surface area contributed by atoms with Crippen LogP contribution in [-0.2, 0) is 13.1 Å². The van der Waals surface area contributed by atoms with Gasteiger partial charge in [0.15, 0.2) is 0 Å². The van der Waals surface area contributed by atoms with Crippen LogP contribution in [0.1, 0.15) is 24.0 Å². The second-order valence-electron chi connectivity index (χ2n) is 5.03. The van der Waals surface area contributed by atoms with Gasteiger partial charge in [0.1, 0.15) is 0 Å². The van der Waals surface area contributed by atoms with E-state index in [0.29, 0.717) is 0 Å². The van der Waals surface area contributed by atoms with Crippen LogP contribution in [0, 0.1) is 0 Å². The van der Waals surface area contributed by atoms with E-state index in [1.165, 1.54) is 24.0 Å². The lowest BCUT2D eigenvalue weighted by atomic mass is 10.2. The summed E-state index contributed by atoms with van der Waals surface area (Å²) in [5, 5.41) is 6.96. The number of rotatable bonds is 9. The van der Waals surface area contributed by atoms with Crippen molar-refractivity contribution in [1.29, 1.82) is 0 Å². The first-order valence-electron chi connectivity index (χ1n) is 7.44. The zero-order valence-electron chi connectivity index (χ0n) is 12.0. The van der Waals surface area contributed by atoms with Crippen molar-refractivity contribution in [2.24, 2.45) is 0 Å².